The number of fused-ring (bicyclic) bond motifs is 5. The molecular weight excluding hydrogens is 768 g/mol. The Labute approximate surface area is 338 Å². The van der Waals surface area contributed by atoms with E-state index in [0.717, 1.165) is 24.8 Å². The number of amides is 1. The van der Waals surface area contributed by atoms with Crippen LogP contribution >= 0.6 is 0 Å². The Morgan fingerprint density at radius 1 is 0.932 bits per heavy atom. The van der Waals surface area contributed by atoms with Crippen molar-refractivity contribution >= 4 is 29.0 Å². The summed E-state index contributed by atoms with van der Waals surface area (Å²) in [7, 11) is 3.64. The molecule has 0 aromatic heterocycles. The van der Waals surface area contributed by atoms with Crippen LogP contribution in [0.4, 0.5) is 0 Å². The molecule has 4 aliphatic rings. The fraction of sp³-hybridized carbons (Fsp3) is 0.419. The smallest absolute Gasteiger partial charge is 0.224 e. The van der Waals surface area contributed by atoms with E-state index in [1.807, 2.05) is 30.3 Å². The van der Waals surface area contributed by atoms with Crippen LogP contribution in [0.1, 0.15) is 82.6 Å². The molecule has 1 unspecified atom stereocenters. The Kier molecular flexibility index (Phi) is 11.1. The first-order valence-electron chi connectivity index (χ1n) is 19.1. The number of hydrogen-bond acceptors (Lipinski definition) is 15. The Balaban J connectivity index is 1.25. The van der Waals surface area contributed by atoms with Crippen LogP contribution in [-0.4, -0.2) is 125 Å². The van der Waals surface area contributed by atoms with Crippen LogP contribution in [-0.2, 0) is 48.6 Å². The molecule has 3 aliphatic carbocycles. The van der Waals surface area contributed by atoms with Crippen molar-refractivity contribution in [2.24, 2.45) is 0 Å². The first-order valence-corrected chi connectivity index (χ1v) is 19.1. The van der Waals surface area contributed by atoms with Gasteiger partial charge in [0.15, 0.2) is 23.2 Å². The second-order valence-electron chi connectivity index (χ2n) is 15.3. The van der Waals surface area contributed by atoms with Gasteiger partial charge in [-0.05, 0) is 49.4 Å². The normalized spacial score (nSPS) is 28.6. The van der Waals surface area contributed by atoms with Gasteiger partial charge in [-0.3, -0.25) is 24.0 Å². The number of ketones is 4. The molecule has 59 heavy (non-hydrogen) atoms. The maximum absolute atomic E-state index is 14.9. The van der Waals surface area contributed by atoms with Gasteiger partial charge in [-0.2, -0.15) is 0 Å². The molecule has 1 fully saturated rings. The van der Waals surface area contributed by atoms with Gasteiger partial charge in [0, 0.05) is 62.6 Å². The molecular formula is C43H46N2O14. The van der Waals surface area contributed by atoms with E-state index >= 15 is 0 Å². The first-order chi connectivity index (χ1) is 28.1. The van der Waals surface area contributed by atoms with E-state index in [1.54, 1.807) is 13.8 Å². The number of Topliss-reactive ketones (excluding diaryl/α,β-unsaturated/α-hetero) is 3. The number of aryl methyl sites for hydroxylation is 2. The van der Waals surface area contributed by atoms with Crippen LogP contribution in [0.2, 0.25) is 0 Å². The highest BCUT2D eigenvalue weighted by Gasteiger charge is 2.72. The lowest BCUT2D eigenvalue weighted by Crippen LogP contribution is -2.73. The lowest BCUT2D eigenvalue weighted by molar-refractivity contribution is -0.236. The van der Waals surface area contributed by atoms with E-state index in [0.29, 0.717) is 24.9 Å². The van der Waals surface area contributed by atoms with E-state index < -0.39 is 123 Å². The molecule has 16 heteroatoms. The van der Waals surface area contributed by atoms with Gasteiger partial charge in [0.25, 0.3) is 0 Å². The summed E-state index contributed by atoms with van der Waals surface area (Å²) in [6.07, 6.45) is -5.50. The molecule has 16 nitrogen and oxygen atoms in total. The zero-order chi connectivity index (χ0) is 42.7. The number of phenols is 2. The number of aliphatic hydroxyl groups is 3. The van der Waals surface area contributed by atoms with Crippen molar-refractivity contribution in [3.8, 4) is 11.5 Å². The van der Waals surface area contributed by atoms with Crippen molar-refractivity contribution < 1.29 is 68.5 Å². The van der Waals surface area contributed by atoms with Gasteiger partial charge in [0.2, 0.25) is 23.3 Å². The zero-order valence-electron chi connectivity index (χ0n) is 33.0. The second kappa shape index (κ2) is 15.7. The third kappa shape index (κ3) is 6.37. The lowest BCUT2D eigenvalue weighted by atomic mass is 9.56. The van der Waals surface area contributed by atoms with Crippen LogP contribution in [0.25, 0.3) is 0 Å². The highest BCUT2D eigenvalue weighted by molar-refractivity contribution is 6.30. The summed E-state index contributed by atoms with van der Waals surface area (Å²) in [6, 6.07) is 12.1. The SMILES string of the molecule is CO[C@@H]1[C@@H](O)[C@@H](OC)C(NC2=CC(=O)c3c(cc4c(c3O)C(=O)[C@]3(OC)[C@H](O)Cc5cc(C)c(CC(=O)NCCCc6ccccc6)c(O)c5[C@]3(O)C4=O)C2=O)O[C@H]1C. The fourth-order valence-electron chi connectivity index (χ4n) is 9.14. The van der Waals surface area contributed by atoms with E-state index in [1.165, 1.54) is 20.3 Å². The molecule has 7 N–H and O–H groups in total. The van der Waals surface area contributed by atoms with E-state index in [-0.39, 0.29) is 23.2 Å². The number of methoxy groups -OCH3 is 3. The topological polar surface area (TPSA) is 247 Å². The molecule has 1 heterocycles. The van der Waals surface area contributed by atoms with Gasteiger partial charge < -0.3 is 55.1 Å². The lowest BCUT2D eigenvalue weighted by Gasteiger charge is -2.53. The maximum Gasteiger partial charge on any atom is 0.224 e. The highest BCUT2D eigenvalue weighted by atomic mass is 16.6. The van der Waals surface area contributed by atoms with Crippen LogP contribution < -0.4 is 10.6 Å². The molecule has 7 rings (SSSR count). The number of rotatable bonds is 11. The van der Waals surface area contributed by atoms with Crippen molar-refractivity contribution in [3.63, 3.8) is 0 Å². The number of carbonyl (C=O) groups is 5. The minimum Gasteiger partial charge on any atom is -0.507 e. The van der Waals surface area contributed by atoms with Crippen molar-refractivity contribution in [2.45, 2.75) is 87.5 Å². The standard InChI is InChI=1S/C43H46N2O14/c1-19-14-22-15-28(47)43(58-5)40(54)31-25(39(53)42(43,55)32(22)34(50)23(19)17-29(48)44-13-9-12-21-10-7-6-8-11-21)16-24-30(35(31)51)27(46)18-26(33(24)49)45-41-38(57-4)36(52)37(56-3)20(2)59-41/h6-8,10-11,14,16,18,20,28,36-38,41,45,47,50-52,55H,9,12-13,15,17H2,1-5H3,(H,44,48)/t20-,28+,36+,37-,38+,41?,42-,43+/m0/s1. The summed E-state index contributed by atoms with van der Waals surface area (Å²) in [6.45, 7) is 3.55. The number of hydrogen-bond donors (Lipinski definition) is 7. The number of phenolic OH excluding ortho intramolecular Hbond substituents is 2. The monoisotopic (exact) mass is 814 g/mol. The molecule has 1 amide bonds. The molecule has 1 saturated heterocycles. The largest absolute Gasteiger partial charge is 0.507 e. The Hall–Kier alpha value is -5.33. The molecule has 312 valence electrons. The van der Waals surface area contributed by atoms with Gasteiger partial charge in [-0.25, -0.2) is 0 Å². The summed E-state index contributed by atoms with van der Waals surface area (Å²) in [5.74, 6) is -6.73. The number of ether oxygens (including phenoxy) is 4. The third-order valence-corrected chi connectivity index (χ3v) is 12.0. The molecule has 3 aromatic rings. The molecule has 0 saturated carbocycles. The average Bonchev–Trinajstić information content (AvgIpc) is 3.19. The molecule has 0 spiro atoms. The van der Waals surface area contributed by atoms with E-state index in [2.05, 4.69) is 10.6 Å². The van der Waals surface area contributed by atoms with Gasteiger partial charge in [0.05, 0.1) is 35.5 Å². The number of nitrogens with one attached hydrogen (secondary N) is 2. The number of aromatic hydroxyl groups is 2. The molecule has 8 atom stereocenters. The van der Waals surface area contributed by atoms with Crippen LogP contribution in [0.15, 0.2) is 54.2 Å². The molecule has 0 bridgehead atoms. The van der Waals surface area contributed by atoms with Crippen molar-refractivity contribution in [1.82, 2.24) is 10.6 Å². The van der Waals surface area contributed by atoms with Crippen molar-refractivity contribution in [2.75, 3.05) is 27.9 Å². The highest BCUT2D eigenvalue weighted by Crippen LogP contribution is 2.56. The number of aliphatic hydroxyl groups excluding tert-OH is 2. The quantitative estimate of drug-likeness (QED) is 0.135. The molecule has 1 aliphatic heterocycles. The summed E-state index contributed by atoms with van der Waals surface area (Å²) in [5, 5.41) is 64.4. The van der Waals surface area contributed by atoms with Crippen LogP contribution in [0.5, 0.6) is 11.5 Å². The Morgan fingerprint density at radius 2 is 1.63 bits per heavy atom. The molecule has 3 aromatic carbocycles. The van der Waals surface area contributed by atoms with Gasteiger partial charge >= 0.3 is 0 Å². The van der Waals surface area contributed by atoms with Crippen LogP contribution in [0.3, 0.4) is 0 Å². The predicted octanol–water partition coefficient (Wildman–Crippen LogP) is 1.25. The van der Waals surface area contributed by atoms with Crippen molar-refractivity contribution in [3.05, 3.63) is 104 Å². The summed E-state index contributed by atoms with van der Waals surface area (Å²) in [4.78, 5) is 70.5. The minimum absolute atomic E-state index is 0.0376. The van der Waals surface area contributed by atoms with E-state index in [4.69, 9.17) is 18.9 Å². The average molecular weight is 815 g/mol. The summed E-state index contributed by atoms with van der Waals surface area (Å²) >= 11 is 0. The van der Waals surface area contributed by atoms with Gasteiger partial charge in [0.1, 0.15) is 29.8 Å². The second-order valence-corrected chi connectivity index (χ2v) is 15.3. The van der Waals surface area contributed by atoms with Crippen molar-refractivity contribution in [1.29, 1.82) is 0 Å². The van der Waals surface area contributed by atoms with E-state index in [9.17, 15) is 49.5 Å². The summed E-state index contributed by atoms with van der Waals surface area (Å²) < 4.78 is 22.3. The van der Waals surface area contributed by atoms with Crippen LogP contribution in [0, 0.1) is 6.92 Å². The summed E-state index contributed by atoms with van der Waals surface area (Å²) in [5.41, 5.74) is -7.91. The maximum atomic E-state index is 14.9. The zero-order valence-corrected chi connectivity index (χ0v) is 33.0. The Bertz CT molecular complexity index is 2290. The number of allylic oxidation sites excluding steroid dienone is 2. The third-order valence-electron chi connectivity index (χ3n) is 12.0. The minimum atomic E-state index is -3.18. The Morgan fingerprint density at radius 3 is 2.29 bits per heavy atom. The predicted molar refractivity (Wildman–Crippen MR) is 206 cm³/mol. The molecule has 0 radical (unpaired) electrons. The number of benzene rings is 3. The van der Waals surface area contributed by atoms with Gasteiger partial charge in [-0.15, -0.1) is 0 Å². The van der Waals surface area contributed by atoms with Gasteiger partial charge in [-0.1, -0.05) is 36.4 Å². The first kappa shape index (κ1) is 41.8. The number of carbonyl (C=O) groups excluding carboxylic acids is 5. The fourth-order valence-corrected chi connectivity index (χ4v) is 9.14.